The van der Waals surface area contributed by atoms with Crippen molar-refractivity contribution < 1.29 is 13.7 Å². The zero-order chi connectivity index (χ0) is 20.3. The Hall–Kier alpha value is -3.24. The Labute approximate surface area is 179 Å². The van der Waals surface area contributed by atoms with E-state index in [2.05, 4.69) is 52.1 Å². The summed E-state index contributed by atoms with van der Waals surface area (Å²) in [7, 11) is 0. The lowest BCUT2D eigenvalue weighted by Gasteiger charge is -2.05. The molecule has 0 unspecified atom stereocenters. The molecule has 0 aliphatic heterocycles. The molecule has 0 amide bonds. The quantitative estimate of drug-likeness (QED) is 0.246. The van der Waals surface area contributed by atoms with Crippen molar-refractivity contribution in [2.75, 3.05) is 6.61 Å². The second kappa shape index (κ2) is 8.25. The zero-order valence-corrected chi connectivity index (χ0v) is 17.3. The van der Waals surface area contributed by atoms with Gasteiger partial charge in [0.1, 0.15) is 35.9 Å². The molecule has 0 saturated carbocycles. The van der Waals surface area contributed by atoms with E-state index in [0.717, 1.165) is 47.2 Å². The lowest BCUT2D eigenvalue weighted by Crippen LogP contribution is -2.31. The van der Waals surface area contributed by atoms with E-state index in [9.17, 15) is 0 Å². The van der Waals surface area contributed by atoms with Crippen molar-refractivity contribution in [1.29, 1.82) is 0 Å². The molecule has 0 saturated heterocycles. The minimum Gasteiger partial charge on any atom is -0.493 e. The third kappa shape index (κ3) is 4.05. The predicted molar refractivity (Wildman–Crippen MR) is 119 cm³/mol. The fraction of sp³-hybridized carbons (Fsp3) is 0.160. The molecule has 0 atom stereocenters. The molecule has 0 fully saturated rings. The first kappa shape index (κ1) is 18.8. The number of halogens is 1. The van der Waals surface area contributed by atoms with Gasteiger partial charge in [-0.05, 0) is 29.8 Å². The first-order valence-electron chi connectivity index (χ1n) is 10.1. The summed E-state index contributed by atoms with van der Waals surface area (Å²) in [5.41, 5.74) is 2.91. The minimum atomic E-state index is 0.647. The molecule has 3 aromatic carbocycles. The first-order valence-corrected chi connectivity index (χ1v) is 10.5. The molecule has 0 aliphatic carbocycles. The van der Waals surface area contributed by atoms with Crippen molar-refractivity contribution in [2.24, 2.45) is 0 Å². The molecule has 30 heavy (non-hydrogen) atoms. The summed E-state index contributed by atoms with van der Waals surface area (Å²) in [6, 6.07) is 22.2. The molecular weight excluding hydrogens is 396 g/mol. The van der Waals surface area contributed by atoms with Gasteiger partial charge in [-0.1, -0.05) is 41.9 Å². The van der Waals surface area contributed by atoms with Gasteiger partial charge < -0.3 is 9.15 Å². The average molecular weight is 418 g/mol. The van der Waals surface area contributed by atoms with Crippen LogP contribution in [0.25, 0.3) is 21.9 Å². The van der Waals surface area contributed by atoms with Gasteiger partial charge in [0.05, 0.1) is 13.2 Å². The van der Waals surface area contributed by atoms with Crippen LogP contribution in [0.4, 0.5) is 0 Å². The van der Waals surface area contributed by atoms with Crippen LogP contribution in [0.15, 0.2) is 89.9 Å². The molecule has 5 heteroatoms. The third-order valence-electron chi connectivity index (χ3n) is 5.19. The van der Waals surface area contributed by atoms with Crippen LogP contribution >= 0.6 is 11.6 Å². The van der Waals surface area contributed by atoms with Crippen LogP contribution in [0.3, 0.4) is 0 Å². The highest BCUT2D eigenvalue weighted by molar-refractivity contribution is 6.31. The smallest absolute Gasteiger partial charge is 0.244 e. The standard InChI is InChI=1S/C25H22ClN2O2/c26-20-7-9-22-23-10-8-21(16-25(23)30-24(22)15-20)29-14-4-11-27-12-13-28(18-27)17-19-5-2-1-3-6-19/h1-3,5-10,12-13,15-16,18H,4,11,14,17H2/q+1. The van der Waals surface area contributed by atoms with Gasteiger partial charge in [0.25, 0.3) is 0 Å². The van der Waals surface area contributed by atoms with Crippen molar-refractivity contribution in [3.63, 3.8) is 0 Å². The number of aromatic nitrogens is 2. The predicted octanol–water partition coefficient (Wildman–Crippen LogP) is 5.85. The van der Waals surface area contributed by atoms with Crippen LogP contribution in [0.5, 0.6) is 5.75 Å². The molecule has 2 aromatic heterocycles. The van der Waals surface area contributed by atoms with Gasteiger partial charge in [0.15, 0.2) is 0 Å². The number of fused-ring (bicyclic) bond motifs is 3. The highest BCUT2D eigenvalue weighted by Gasteiger charge is 2.09. The molecule has 0 N–H and O–H groups in total. The van der Waals surface area contributed by atoms with Gasteiger partial charge in [-0.25, -0.2) is 9.13 Å². The molecule has 0 radical (unpaired) electrons. The van der Waals surface area contributed by atoms with Gasteiger partial charge in [-0.2, -0.15) is 0 Å². The summed E-state index contributed by atoms with van der Waals surface area (Å²) in [6.07, 6.45) is 7.27. The van der Waals surface area contributed by atoms with Crippen LogP contribution in [-0.4, -0.2) is 11.2 Å². The summed E-state index contributed by atoms with van der Waals surface area (Å²) >= 11 is 6.07. The number of aryl methyl sites for hydroxylation is 1. The van der Waals surface area contributed by atoms with Gasteiger partial charge in [0.2, 0.25) is 6.33 Å². The largest absolute Gasteiger partial charge is 0.493 e. The van der Waals surface area contributed by atoms with Crippen molar-refractivity contribution in [2.45, 2.75) is 19.5 Å². The lowest BCUT2D eigenvalue weighted by molar-refractivity contribution is -0.687. The van der Waals surface area contributed by atoms with E-state index in [1.54, 1.807) is 0 Å². The van der Waals surface area contributed by atoms with Crippen LogP contribution < -0.4 is 9.30 Å². The van der Waals surface area contributed by atoms with E-state index in [1.807, 2.05) is 42.5 Å². The van der Waals surface area contributed by atoms with Gasteiger partial charge in [-0.3, -0.25) is 0 Å². The van der Waals surface area contributed by atoms with Gasteiger partial charge >= 0.3 is 0 Å². The Balaban J connectivity index is 1.17. The fourth-order valence-electron chi connectivity index (χ4n) is 3.72. The highest BCUT2D eigenvalue weighted by atomic mass is 35.5. The van der Waals surface area contributed by atoms with E-state index in [0.29, 0.717) is 11.6 Å². The monoisotopic (exact) mass is 417 g/mol. The zero-order valence-electron chi connectivity index (χ0n) is 16.5. The van der Waals surface area contributed by atoms with Crippen molar-refractivity contribution in [3.05, 3.63) is 96.0 Å². The second-order valence-electron chi connectivity index (χ2n) is 7.41. The molecule has 5 rings (SSSR count). The fourth-order valence-corrected chi connectivity index (χ4v) is 3.88. The van der Waals surface area contributed by atoms with E-state index < -0.39 is 0 Å². The Bertz CT molecular complexity index is 1290. The number of hydrogen-bond acceptors (Lipinski definition) is 2. The SMILES string of the molecule is Clc1ccc2c(c1)oc1cc(OCCCn3cc[n+](Cc4ccccc4)c3)ccc12. The number of imidazole rings is 1. The second-order valence-corrected chi connectivity index (χ2v) is 7.85. The van der Waals surface area contributed by atoms with Crippen molar-refractivity contribution >= 4 is 33.5 Å². The molecule has 0 aliphatic rings. The Morgan fingerprint density at radius 3 is 2.60 bits per heavy atom. The lowest BCUT2D eigenvalue weighted by atomic mass is 10.1. The van der Waals surface area contributed by atoms with Crippen molar-refractivity contribution in [1.82, 2.24) is 4.57 Å². The molecule has 5 aromatic rings. The summed E-state index contributed by atoms with van der Waals surface area (Å²) in [5.74, 6) is 0.819. The normalized spacial score (nSPS) is 11.4. The number of ether oxygens (including phenoxy) is 1. The average Bonchev–Trinajstić information content (AvgIpc) is 3.35. The van der Waals surface area contributed by atoms with Crippen LogP contribution in [0.2, 0.25) is 5.02 Å². The Morgan fingerprint density at radius 1 is 0.933 bits per heavy atom. The number of benzene rings is 3. The molecule has 0 spiro atoms. The van der Waals surface area contributed by atoms with Crippen molar-refractivity contribution in [3.8, 4) is 5.75 Å². The van der Waals surface area contributed by atoms with E-state index >= 15 is 0 Å². The molecular formula is C25H22ClN2O2+. The van der Waals surface area contributed by atoms with E-state index in [-0.39, 0.29) is 0 Å². The number of nitrogens with zero attached hydrogens (tertiary/aromatic N) is 2. The van der Waals surface area contributed by atoms with Crippen LogP contribution in [0.1, 0.15) is 12.0 Å². The maximum atomic E-state index is 6.07. The summed E-state index contributed by atoms with van der Waals surface area (Å²) < 4.78 is 16.3. The number of furan rings is 1. The summed E-state index contributed by atoms with van der Waals surface area (Å²) in [6.45, 7) is 2.44. The van der Waals surface area contributed by atoms with Gasteiger partial charge in [0, 0.05) is 34.3 Å². The van der Waals surface area contributed by atoms with E-state index in [1.165, 1.54) is 5.56 Å². The topological polar surface area (TPSA) is 31.2 Å². The van der Waals surface area contributed by atoms with Crippen LogP contribution in [0, 0.1) is 0 Å². The molecule has 4 nitrogen and oxygen atoms in total. The maximum absolute atomic E-state index is 6.07. The minimum absolute atomic E-state index is 0.647. The summed E-state index contributed by atoms with van der Waals surface area (Å²) in [4.78, 5) is 0. The van der Waals surface area contributed by atoms with Gasteiger partial charge in [-0.15, -0.1) is 0 Å². The van der Waals surface area contributed by atoms with Crippen LogP contribution in [-0.2, 0) is 13.1 Å². The summed E-state index contributed by atoms with van der Waals surface area (Å²) in [5, 5.41) is 2.81. The highest BCUT2D eigenvalue weighted by Crippen LogP contribution is 2.32. The molecule has 2 heterocycles. The number of rotatable bonds is 7. The third-order valence-corrected chi connectivity index (χ3v) is 5.43. The van der Waals surface area contributed by atoms with E-state index in [4.69, 9.17) is 20.8 Å². The Morgan fingerprint density at radius 2 is 1.73 bits per heavy atom. The first-order chi connectivity index (χ1) is 14.7. The Kier molecular flexibility index (Phi) is 5.16. The molecule has 150 valence electrons. The number of hydrogen-bond donors (Lipinski definition) is 0. The molecule has 0 bridgehead atoms. The maximum Gasteiger partial charge on any atom is 0.244 e.